The van der Waals surface area contributed by atoms with Crippen LogP contribution in [-0.4, -0.2) is 38.3 Å². The molecule has 0 amide bonds. The van der Waals surface area contributed by atoms with Crippen LogP contribution in [0.4, 0.5) is 0 Å². The first-order valence-corrected chi connectivity index (χ1v) is 6.17. The summed E-state index contributed by atoms with van der Waals surface area (Å²) in [4.78, 5) is 3.46. The maximum atomic E-state index is 6.07. The van der Waals surface area contributed by atoms with E-state index < -0.39 is 0 Å². The summed E-state index contributed by atoms with van der Waals surface area (Å²) >= 11 is 1.72. The number of rotatable bonds is 7. The number of likely N-dealkylation sites (N-methyl/N-ethyl adjacent to an activating group) is 1. The molecule has 86 valence electrons. The van der Waals surface area contributed by atoms with Crippen molar-refractivity contribution in [2.75, 3.05) is 33.4 Å². The molecule has 0 bridgehead atoms. The van der Waals surface area contributed by atoms with E-state index in [2.05, 4.69) is 23.4 Å². The third-order valence-corrected chi connectivity index (χ3v) is 3.24. The average molecular weight is 228 g/mol. The van der Waals surface area contributed by atoms with Crippen LogP contribution in [0.15, 0.2) is 17.5 Å². The molecule has 1 unspecified atom stereocenters. The second kappa shape index (κ2) is 6.95. The van der Waals surface area contributed by atoms with Crippen molar-refractivity contribution in [3.05, 3.63) is 22.4 Å². The molecule has 2 N–H and O–H groups in total. The highest BCUT2D eigenvalue weighted by atomic mass is 32.1. The molecule has 0 aliphatic heterocycles. The zero-order chi connectivity index (χ0) is 11.1. The van der Waals surface area contributed by atoms with Crippen LogP contribution in [-0.2, 0) is 4.74 Å². The van der Waals surface area contributed by atoms with Gasteiger partial charge in [0.1, 0.15) is 0 Å². The quantitative estimate of drug-likeness (QED) is 0.722. The monoisotopic (exact) mass is 228 g/mol. The van der Waals surface area contributed by atoms with Crippen LogP contribution in [0.1, 0.15) is 17.8 Å². The predicted octanol–water partition coefficient (Wildman–Crippen LogP) is 1.72. The van der Waals surface area contributed by atoms with Crippen molar-refractivity contribution in [2.45, 2.75) is 13.0 Å². The molecule has 1 heterocycles. The summed E-state index contributed by atoms with van der Waals surface area (Å²) in [6, 6.07) is 4.25. The van der Waals surface area contributed by atoms with Gasteiger partial charge >= 0.3 is 0 Å². The Hall–Kier alpha value is -0.420. The van der Waals surface area contributed by atoms with Crippen LogP contribution in [0.2, 0.25) is 0 Å². The molecule has 0 aliphatic rings. The summed E-state index contributed by atoms with van der Waals surface area (Å²) in [5.74, 6) is 0. The molecule has 1 atom stereocenters. The number of nitrogens with zero attached hydrogens (tertiary/aromatic N) is 1. The van der Waals surface area contributed by atoms with Gasteiger partial charge in [0, 0.05) is 24.6 Å². The number of nitrogens with two attached hydrogens (primary N) is 1. The van der Waals surface area contributed by atoms with E-state index in [1.807, 2.05) is 13.0 Å². The fourth-order valence-electron chi connectivity index (χ4n) is 1.38. The molecular weight excluding hydrogens is 208 g/mol. The van der Waals surface area contributed by atoms with Crippen molar-refractivity contribution >= 4 is 11.3 Å². The molecule has 0 fully saturated rings. The van der Waals surface area contributed by atoms with E-state index in [0.29, 0.717) is 0 Å². The number of hydrogen-bond acceptors (Lipinski definition) is 4. The molecule has 0 aliphatic carbocycles. The topological polar surface area (TPSA) is 38.5 Å². The Morgan fingerprint density at radius 1 is 1.60 bits per heavy atom. The molecule has 1 aromatic rings. The molecule has 4 heteroatoms. The lowest BCUT2D eigenvalue weighted by molar-refractivity contribution is 0.120. The summed E-state index contributed by atoms with van der Waals surface area (Å²) in [5, 5.41) is 2.06. The standard InChI is InChI=1S/C11H20N2OS/c1-3-14-7-6-13(2)9-10(12)11-5-4-8-15-11/h4-5,8,10H,3,6-7,9,12H2,1-2H3. The fourth-order valence-corrected chi connectivity index (χ4v) is 2.10. The van der Waals surface area contributed by atoms with Gasteiger partial charge in [0.05, 0.1) is 12.6 Å². The fraction of sp³-hybridized carbons (Fsp3) is 0.636. The molecule has 0 saturated heterocycles. The van der Waals surface area contributed by atoms with Crippen molar-refractivity contribution in [1.29, 1.82) is 0 Å². The minimum absolute atomic E-state index is 0.122. The van der Waals surface area contributed by atoms with Crippen LogP contribution < -0.4 is 5.73 Å². The second-order valence-electron chi connectivity index (χ2n) is 3.58. The largest absolute Gasteiger partial charge is 0.380 e. The van der Waals surface area contributed by atoms with Crippen LogP contribution in [0.5, 0.6) is 0 Å². The van der Waals surface area contributed by atoms with Gasteiger partial charge in [0.15, 0.2) is 0 Å². The van der Waals surface area contributed by atoms with Crippen LogP contribution in [0.3, 0.4) is 0 Å². The summed E-state index contributed by atoms with van der Waals surface area (Å²) in [5.41, 5.74) is 6.07. The highest BCUT2D eigenvalue weighted by Gasteiger charge is 2.09. The highest BCUT2D eigenvalue weighted by molar-refractivity contribution is 7.10. The van der Waals surface area contributed by atoms with Crippen LogP contribution >= 0.6 is 11.3 Å². The first-order valence-electron chi connectivity index (χ1n) is 5.29. The third kappa shape index (κ3) is 4.75. The summed E-state index contributed by atoms with van der Waals surface area (Å²) in [7, 11) is 2.08. The lowest BCUT2D eigenvalue weighted by Gasteiger charge is -2.20. The maximum absolute atomic E-state index is 6.07. The van der Waals surface area contributed by atoms with Crippen molar-refractivity contribution in [3.8, 4) is 0 Å². The van der Waals surface area contributed by atoms with Gasteiger partial charge in [-0.05, 0) is 25.4 Å². The maximum Gasteiger partial charge on any atom is 0.0593 e. The summed E-state index contributed by atoms with van der Waals surface area (Å²) < 4.78 is 5.30. The molecule has 15 heavy (non-hydrogen) atoms. The van der Waals surface area contributed by atoms with Gasteiger partial charge in [0.25, 0.3) is 0 Å². The van der Waals surface area contributed by atoms with Gasteiger partial charge in [-0.25, -0.2) is 0 Å². The number of ether oxygens (including phenoxy) is 1. The van der Waals surface area contributed by atoms with Gasteiger partial charge in [-0.1, -0.05) is 6.07 Å². The Morgan fingerprint density at radius 2 is 2.40 bits per heavy atom. The molecule has 1 rings (SSSR count). The van der Waals surface area contributed by atoms with E-state index in [0.717, 1.165) is 26.3 Å². The van der Waals surface area contributed by atoms with E-state index in [1.54, 1.807) is 11.3 Å². The first-order chi connectivity index (χ1) is 7.24. The summed E-state index contributed by atoms with van der Waals surface area (Å²) in [6.07, 6.45) is 0. The minimum Gasteiger partial charge on any atom is -0.380 e. The first kappa shape index (κ1) is 12.6. The Bertz CT molecular complexity index is 251. The van der Waals surface area contributed by atoms with E-state index >= 15 is 0 Å². The molecule has 0 radical (unpaired) electrons. The van der Waals surface area contributed by atoms with Gasteiger partial charge in [-0.2, -0.15) is 0 Å². The van der Waals surface area contributed by atoms with Crippen LogP contribution in [0.25, 0.3) is 0 Å². The second-order valence-corrected chi connectivity index (χ2v) is 4.56. The van der Waals surface area contributed by atoms with Gasteiger partial charge < -0.3 is 15.4 Å². The lowest BCUT2D eigenvalue weighted by Crippen LogP contribution is -2.31. The Morgan fingerprint density at radius 3 is 3.00 bits per heavy atom. The van der Waals surface area contributed by atoms with Crippen molar-refractivity contribution in [2.24, 2.45) is 5.73 Å². The SMILES string of the molecule is CCOCCN(C)CC(N)c1cccs1. The Balaban J connectivity index is 2.22. The Kier molecular flexibility index (Phi) is 5.86. The van der Waals surface area contributed by atoms with Gasteiger partial charge in [0.2, 0.25) is 0 Å². The van der Waals surface area contributed by atoms with E-state index in [-0.39, 0.29) is 6.04 Å². The molecule has 0 aromatic carbocycles. The van der Waals surface area contributed by atoms with E-state index in [1.165, 1.54) is 4.88 Å². The molecule has 3 nitrogen and oxygen atoms in total. The smallest absolute Gasteiger partial charge is 0.0593 e. The molecular formula is C11H20N2OS. The highest BCUT2D eigenvalue weighted by Crippen LogP contribution is 2.16. The molecule has 1 aromatic heterocycles. The van der Waals surface area contributed by atoms with Crippen molar-refractivity contribution in [3.63, 3.8) is 0 Å². The molecule has 0 spiro atoms. The predicted molar refractivity (Wildman–Crippen MR) is 65.2 cm³/mol. The minimum atomic E-state index is 0.122. The zero-order valence-corrected chi connectivity index (χ0v) is 10.3. The van der Waals surface area contributed by atoms with Crippen LogP contribution in [0, 0.1) is 0 Å². The zero-order valence-electron chi connectivity index (χ0n) is 9.48. The third-order valence-electron chi connectivity index (χ3n) is 2.24. The number of hydrogen-bond donors (Lipinski definition) is 1. The van der Waals surface area contributed by atoms with Gasteiger partial charge in [-0.15, -0.1) is 11.3 Å². The van der Waals surface area contributed by atoms with E-state index in [9.17, 15) is 0 Å². The average Bonchev–Trinajstić information content (AvgIpc) is 2.70. The number of thiophene rings is 1. The van der Waals surface area contributed by atoms with Gasteiger partial charge in [-0.3, -0.25) is 0 Å². The lowest BCUT2D eigenvalue weighted by atomic mass is 10.2. The summed E-state index contributed by atoms with van der Waals surface area (Å²) in [6.45, 7) is 5.40. The van der Waals surface area contributed by atoms with Crippen molar-refractivity contribution in [1.82, 2.24) is 4.90 Å². The van der Waals surface area contributed by atoms with Crippen molar-refractivity contribution < 1.29 is 4.74 Å². The Labute approximate surface area is 95.8 Å². The normalized spacial score (nSPS) is 13.3. The molecule has 0 saturated carbocycles. The van der Waals surface area contributed by atoms with E-state index in [4.69, 9.17) is 10.5 Å².